The van der Waals surface area contributed by atoms with Crippen molar-refractivity contribution in [3.63, 3.8) is 0 Å². The predicted molar refractivity (Wildman–Crippen MR) is 74.7 cm³/mol. The largest absolute Gasteiger partial charge is 0.346 e. The maximum atomic E-state index is 12.1. The number of nitro groups is 1. The first-order chi connectivity index (χ1) is 8.83. The first-order valence-corrected chi connectivity index (χ1v) is 6.50. The quantitative estimate of drug-likeness (QED) is 0.513. The maximum Gasteiger partial charge on any atom is 0.269 e. The molecule has 1 unspecified atom stereocenters. The molecular weight excluding hydrogens is 268 g/mol. The maximum absolute atomic E-state index is 12.1. The molecule has 1 atom stereocenters. The van der Waals surface area contributed by atoms with Gasteiger partial charge in [-0.2, -0.15) is 0 Å². The van der Waals surface area contributed by atoms with Gasteiger partial charge in [0.1, 0.15) is 0 Å². The van der Waals surface area contributed by atoms with Crippen molar-refractivity contribution in [2.45, 2.75) is 32.7 Å². The fourth-order valence-electron chi connectivity index (χ4n) is 1.57. The highest BCUT2D eigenvalue weighted by molar-refractivity contribution is 6.18. The lowest BCUT2D eigenvalue weighted by Crippen LogP contribution is -2.47. The number of alkyl halides is 1. The number of nitro benzene ring substituents is 1. The molecule has 0 heterocycles. The summed E-state index contributed by atoms with van der Waals surface area (Å²) in [6, 6.07) is 4.18. The predicted octanol–water partition coefficient (Wildman–Crippen LogP) is 3.04. The van der Waals surface area contributed by atoms with Gasteiger partial charge in [-0.3, -0.25) is 14.9 Å². The Morgan fingerprint density at radius 3 is 2.58 bits per heavy atom. The Kier molecular flexibility index (Phi) is 4.89. The molecule has 0 aromatic heterocycles. The standard InChI is InChI=1S/C13H17ClN2O3/c1-4-13(3,8-14)15-12(17)11-6-5-10(16(18)19)7-9(11)2/h5-7H,4,8H2,1-3H3,(H,15,17). The smallest absolute Gasteiger partial charge is 0.269 e. The molecule has 0 saturated carbocycles. The number of halogens is 1. The minimum atomic E-state index is -0.483. The van der Waals surface area contributed by atoms with Crippen LogP contribution in [0.4, 0.5) is 5.69 Å². The first-order valence-electron chi connectivity index (χ1n) is 5.96. The second-order valence-corrected chi connectivity index (χ2v) is 5.03. The zero-order chi connectivity index (χ0) is 14.6. The Morgan fingerprint density at radius 2 is 2.16 bits per heavy atom. The van der Waals surface area contributed by atoms with E-state index in [1.807, 2.05) is 13.8 Å². The van der Waals surface area contributed by atoms with E-state index in [4.69, 9.17) is 11.6 Å². The van der Waals surface area contributed by atoms with Gasteiger partial charge >= 0.3 is 0 Å². The van der Waals surface area contributed by atoms with Crippen molar-refractivity contribution in [1.82, 2.24) is 5.32 Å². The lowest BCUT2D eigenvalue weighted by molar-refractivity contribution is -0.384. The summed E-state index contributed by atoms with van der Waals surface area (Å²) < 4.78 is 0. The van der Waals surface area contributed by atoms with Crippen LogP contribution in [0.2, 0.25) is 0 Å². The average molecular weight is 285 g/mol. The number of nitrogens with one attached hydrogen (secondary N) is 1. The molecule has 19 heavy (non-hydrogen) atoms. The van der Waals surface area contributed by atoms with Crippen LogP contribution in [0.25, 0.3) is 0 Å². The molecule has 1 amide bonds. The number of hydrogen-bond donors (Lipinski definition) is 1. The van der Waals surface area contributed by atoms with E-state index in [1.54, 1.807) is 6.92 Å². The number of carbonyl (C=O) groups excluding carboxylic acids is 1. The summed E-state index contributed by atoms with van der Waals surface area (Å²) in [4.78, 5) is 22.3. The van der Waals surface area contributed by atoms with E-state index in [2.05, 4.69) is 5.32 Å². The summed E-state index contributed by atoms with van der Waals surface area (Å²) >= 11 is 5.84. The van der Waals surface area contributed by atoms with E-state index in [1.165, 1.54) is 18.2 Å². The summed E-state index contributed by atoms with van der Waals surface area (Å²) in [6.07, 6.45) is 0.703. The summed E-state index contributed by atoms with van der Waals surface area (Å²) in [5.74, 6) is 0.0405. The lowest BCUT2D eigenvalue weighted by atomic mass is 10.00. The van der Waals surface area contributed by atoms with Gasteiger partial charge in [-0.05, 0) is 31.9 Å². The molecular formula is C13H17ClN2O3. The van der Waals surface area contributed by atoms with Crippen LogP contribution in [0.1, 0.15) is 36.2 Å². The summed E-state index contributed by atoms with van der Waals surface area (Å²) in [5, 5.41) is 13.5. The topological polar surface area (TPSA) is 72.2 Å². The molecule has 1 aromatic rings. The molecule has 0 aliphatic rings. The highest BCUT2D eigenvalue weighted by Crippen LogP contribution is 2.19. The minimum Gasteiger partial charge on any atom is -0.346 e. The second kappa shape index (κ2) is 6.02. The lowest BCUT2D eigenvalue weighted by Gasteiger charge is -2.27. The fourth-order valence-corrected chi connectivity index (χ4v) is 1.83. The molecule has 0 aliphatic heterocycles. The SMILES string of the molecule is CCC(C)(CCl)NC(=O)c1ccc([N+](=O)[O-])cc1C. The number of hydrogen-bond acceptors (Lipinski definition) is 3. The van der Waals surface area contributed by atoms with Gasteiger partial charge in [0.15, 0.2) is 0 Å². The monoisotopic (exact) mass is 284 g/mol. The molecule has 1 N–H and O–H groups in total. The third kappa shape index (κ3) is 3.67. The van der Waals surface area contributed by atoms with Gasteiger partial charge in [0, 0.05) is 23.6 Å². The number of aryl methyl sites for hydroxylation is 1. The Bertz CT molecular complexity index is 499. The zero-order valence-electron chi connectivity index (χ0n) is 11.2. The highest BCUT2D eigenvalue weighted by Gasteiger charge is 2.24. The van der Waals surface area contributed by atoms with Gasteiger partial charge in [-0.15, -0.1) is 11.6 Å². The molecule has 6 heteroatoms. The molecule has 1 aromatic carbocycles. The number of amides is 1. The molecule has 0 fully saturated rings. The van der Waals surface area contributed by atoms with Gasteiger partial charge in [-0.25, -0.2) is 0 Å². The van der Waals surface area contributed by atoms with E-state index in [0.29, 0.717) is 23.4 Å². The van der Waals surface area contributed by atoms with E-state index in [9.17, 15) is 14.9 Å². The van der Waals surface area contributed by atoms with E-state index >= 15 is 0 Å². The van der Waals surface area contributed by atoms with Crippen molar-refractivity contribution >= 4 is 23.2 Å². The van der Waals surface area contributed by atoms with E-state index in [0.717, 1.165) is 0 Å². The Morgan fingerprint density at radius 1 is 1.53 bits per heavy atom. The molecule has 0 aliphatic carbocycles. The van der Waals surface area contributed by atoms with Crippen molar-refractivity contribution in [2.75, 3.05) is 5.88 Å². The number of non-ortho nitro benzene ring substituents is 1. The summed E-state index contributed by atoms with van der Waals surface area (Å²) in [7, 11) is 0. The van der Waals surface area contributed by atoms with Crippen molar-refractivity contribution in [3.05, 3.63) is 39.4 Å². The molecule has 5 nitrogen and oxygen atoms in total. The van der Waals surface area contributed by atoms with Crippen molar-refractivity contribution in [3.8, 4) is 0 Å². The van der Waals surface area contributed by atoms with Crippen LogP contribution in [-0.4, -0.2) is 22.2 Å². The van der Waals surface area contributed by atoms with Crippen molar-refractivity contribution in [1.29, 1.82) is 0 Å². The molecule has 0 saturated heterocycles. The third-order valence-corrected chi connectivity index (χ3v) is 3.75. The van der Waals surface area contributed by atoms with E-state index in [-0.39, 0.29) is 11.6 Å². The second-order valence-electron chi connectivity index (χ2n) is 4.76. The number of benzene rings is 1. The Hall–Kier alpha value is -1.62. The van der Waals surface area contributed by atoms with Crippen LogP contribution in [0, 0.1) is 17.0 Å². The zero-order valence-corrected chi connectivity index (χ0v) is 12.0. The van der Waals surface area contributed by atoms with Gasteiger partial charge in [0.2, 0.25) is 0 Å². The van der Waals surface area contributed by atoms with Crippen LogP contribution in [0.3, 0.4) is 0 Å². The normalized spacial score (nSPS) is 13.7. The van der Waals surface area contributed by atoms with Crippen LogP contribution in [-0.2, 0) is 0 Å². The summed E-state index contributed by atoms with van der Waals surface area (Å²) in [5.41, 5.74) is 0.493. The number of rotatable bonds is 5. The Balaban J connectivity index is 2.98. The number of carbonyl (C=O) groups is 1. The van der Waals surface area contributed by atoms with Crippen LogP contribution in [0.5, 0.6) is 0 Å². The Labute approximate surface area is 117 Å². The molecule has 1 rings (SSSR count). The third-order valence-electron chi connectivity index (χ3n) is 3.16. The van der Waals surface area contributed by atoms with Gasteiger partial charge < -0.3 is 5.32 Å². The molecule has 0 bridgehead atoms. The fraction of sp³-hybridized carbons (Fsp3) is 0.462. The van der Waals surface area contributed by atoms with Crippen LogP contribution in [0.15, 0.2) is 18.2 Å². The summed E-state index contributed by atoms with van der Waals surface area (Å²) in [6.45, 7) is 5.47. The van der Waals surface area contributed by atoms with Gasteiger partial charge in [-0.1, -0.05) is 6.92 Å². The van der Waals surface area contributed by atoms with Gasteiger partial charge in [0.05, 0.1) is 10.5 Å². The molecule has 0 radical (unpaired) electrons. The minimum absolute atomic E-state index is 0.0235. The van der Waals surface area contributed by atoms with Gasteiger partial charge in [0.25, 0.3) is 11.6 Å². The first kappa shape index (κ1) is 15.4. The number of nitrogens with zero attached hydrogens (tertiary/aromatic N) is 1. The average Bonchev–Trinajstić information content (AvgIpc) is 2.38. The van der Waals surface area contributed by atoms with E-state index < -0.39 is 10.5 Å². The van der Waals surface area contributed by atoms with Crippen LogP contribution < -0.4 is 5.32 Å². The molecule has 0 spiro atoms. The van der Waals surface area contributed by atoms with Crippen molar-refractivity contribution < 1.29 is 9.72 Å². The molecule has 104 valence electrons. The highest BCUT2D eigenvalue weighted by atomic mass is 35.5. The van der Waals surface area contributed by atoms with Crippen molar-refractivity contribution in [2.24, 2.45) is 0 Å². The van der Waals surface area contributed by atoms with Crippen LogP contribution >= 0.6 is 11.6 Å².